The number of halogens is 1. The average Bonchev–Trinajstić information content (AvgIpc) is 2.17. The number of nitrogens with one attached hydrogen (secondary N) is 1. The zero-order valence-electron chi connectivity index (χ0n) is 8.12. The highest BCUT2D eigenvalue weighted by atomic mass is 79.9. The Hall–Kier alpha value is -0.880. The van der Waals surface area contributed by atoms with Crippen molar-refractivity contribution >= 4 is 38.3 Å². The number of amides is 1. The fourth-order valence-corrected chi connectivity index (χ4v) is 2.45. The molecule has 4 nitrogen and oxygen atoms in total. The molecule has 82 valence electrons. The van der Waals surface area contributed by atoms with Gasteiger partial charge in [0.15, 0.2) is 0 Å². The van der Waals surface area contributed by atoms with E-state index in [9.17, 15) is 9.00 Å². The summed E-state index contributed by atoms with van der Waals surface area (Å²) in [6.07, 6.45) is 0. The number of nitrogen functional groups attached to an aromatic ring is 1. The van der Waals surface area contributed by atoms with Gasteiger partial charge in [-0.3, -0.25) is 9.00 Å². The molecule has 0 heterocycles. The molecule has 15 heavy (non-hydrogen) atoms. The zero-order valence-corrected chi connectivity index (χ0v) is 10.5. The van der Waals surface area contributed by atoms with E-state index in [4.69, 9.17) is 5.73 Å². The molecule has 0 spiro atoms. The predicted octanol–water partition coefficient (Wildman–Crippen LogP) is 0.885. The summed E-state index contributed by atoms with van der Waals surface area (Å²) in [7, 11) is 0.113. The van der Waals surface area contributed by atoms with E-state index in [-0.39, 0.29) is 11.7 Å². The van der Waals surface area contributed by atoms with E-state index in [0.717, 1.165) is 4.47 Å². The largest absolute Gasteiger partial charge is 0.398 e. The Labute approximate surface area is 98.8 Å². The first-order valence-electron chi connectivity index (χ1n) is 4.18. The van der Waals surface area contributed by atoms with Crippen LogP contribution in [0, 0.1) is 0 Å². The summed E-state index contributed by atoms with van der Waals surface area (Å²) in [5.41, 5.74) is 6.11. The van der Waals surface area contributed by atoms with Crippen LogP contribution in [0.1, 0.15) is 0 Å². The number of carbonyl (C=O) groups is 1. The molecule has 0 bridgehead atoms. The predicted molar refractivity (Wildman–Crippen MR) is 63.9 cm³/mol. The van der Waals surface area contributed by atoms with Crippen LogP contribution in [0.2, 0.25) is 0 Å². The van der Waals surface area contributed by atoms with Crippen LogP contribution in [0.15, 0.2) is 27.6 Å². The molecule has 0 aliphatic rings. The van der Waals surface area contributed by atoms with E-state index in [1.165, 1.54) is 7.05 Å². The lowest BCUT2D eigenvalue weighted by atomic mass is 10.3. The van der Waals surface area contributed by atoms with Gasteiger partial charge in [0.1, 0.15) is 5.75 Å². The maximum Gasteiger partial charge on any atom is 0.232 e. The van der Waals surface area contributed by atoms with Gasteiger partial charge in [0.25, 0.3) is 0 Å². The molecule has 0 radical (unpaired) electrons. The summed E-state index contributed by atoms with van der Waals surface area (Å²) in [5, 5.41) is 2.41. The smallest absolute Gasteiger partial charge is 0.232 e. The molecular weight excluding hydrogens is 280 g/mol. The molecule has 0 saturated heterocycles. The lowest BCUT2D eigenvalue weighted by Gasteiger charge is -2.05. The fourth-order valence-electron chi connectivity index (χ4n) is 0.996. The summed E-state index contributed by atoms with van der Waals surface area (Å²) in [6.45, 7) is 0. The summed E-state index contributed by atoms with van der Waals surface area (Å²) < 4.78 is 12.5. The quantitative estimate of drug-likeness (QED) is 0.812. The fraction of sp³-hybridized carbons (Fsp3) is 0.222. The number of rotatable bonds is 3. The van der Waals surface area contributed by atoms with Gasteiger partial charge in [-0.25, -0.2) is 0 Å². The average molecular weight is 291 g/mol. The Kier molecular flexibility index (Phi) is 4.28. The standard InChI is InChI=1S/C9H11BrN2O2S/c1-12-9(13)5-15(14)8-3-2-6(10)4-7(8)11/h2-4H,5,11H2,1H3,(H,12,13). The Bertz CT molecular complexity index is 409. The van der Waals surface area contributed by atoms with E-state index >= 15 is 0 Å². The molecule has 1 rings (SSSR count). The molecule has 0 fully saturated rings. The second kappa shape index (κ2) is 5.27. The summed E-state index contributed by atoms with van der Waals surface area (Å²) in [6, 6.07) is 5.06. The lowest BCUT2D eigenvalue weighted by molar-refractivity contribution is -0.118. The second-order valence-corrected chi connectivity index (χ2v) is 5.18. The van der Waals surface area contributed by atoms with Crippen molar-refractivity contribution in [3.05, 3.63) is 22.7 Å². The summed E-state index contributed by atoms with van der Waals surface area (Å²) in [5.74, 6) is -0.335. The summed E-state index contributed by atoms with van der Waals surface area (Å²) >= 11 is 3.25. The van der Waals surface area contributed by atoms with Crippen LogP contribution in [0.25, 0.3) is 0 Å². The Balaban J connectivity index is 2.87. The molecule has 1 atom stereocenters. The number of carbonyl (C=O) groups excluding carboxylic acids is 1. The van der Waals surface area contributed by atoms with Gasteiger partial charge in [0, 0.05) is 17.2 Å². The molecule has 0 saturated carbocycles. The molecule has 0 aliphatic carbocycles. The van der Waals surface area contributed by atoms with Crippen molar-refractivity contribution in [2.45, 2.75) is 4.90 Å². The highest BCUT2D eigenvalue weighted by molar-refractivity contribution is 9.10. The third-order valence-corrected chi connectivity index (χ3v) is 3.64. The molecule has 1 aromatic rings. The van der Waals surface area contributed by atoms with Crippen molar-refractivity contribution in [3.8, 4) is 0 Å². The number of benzene rings is 1. The number of anilines is 1. The minimum Gasteiger partial charge on any atom is -0.398 e. The molecular formula is C9H11BrN2O2S. The van der Waals surface area contributed by atoms with Gasteiger partial charge in [0.05, 0.1) is 15.7 Å². The first-order chi connectivity index (χ1) is 7.04. The van der Waals surface area contributed by atoms with Crippen molar-refractivity contribution in [3.63, 3.8) is 0 Å². The van der Waals surface area contributed by atoms with E-state index in [0.29, 0.717) is 10.6 Å². The third-order valence-electron chi connectivity index (χ3n) is 1.76. The first kappa shape index (κ1) is 12.2. The van der Waals surface area contributed by atoms with E-state index < -0.39 is 10.8 Å². The maximum atomic E-state index is 11.7. The van der Waals surface area contributed by atoms with Crippen LogP contribution in [-0.2, 0) is 15.6 Å². The first-order valence-corrected chi connectivity index (χ1v) is 6.29. The zero-order chi connectivity index (χ0) is 11.4. The minimum atomic E-state index is -1.39. The number of hydrogen-bond acceptors (Lipinski definition) is 3. The number of nitrogens with two attached hydrogens (primary N) is 1. The van der Waals surface area contributed by atoms with Crippen molar-refractivity contribution in [1.82, 2.24) is 5.32 Å². The van der Waals surface area contributed by atoms with Crippen LogP contribution in [0.3, 0.4) is 0 Å². The van der Waals surface area contributed by atoms with Crippen LogP contribution >= 0.6 is 15.9 Å². The van der Waals surface area contributed by atoms with Gasteiger partial charge in [-0.05, 0) is 18.2 Å². The molecule has 3 N–H and O–H groups in total. The van der Waals surface area contributed by atoms with E-state index in [1.54, 1.807) is 18.2 Å². The van der Waals surface area contributed by atoms with Crippen LogP contribution < -0.4 is 11.1 Å². The van der Waals surface area contributed by atoms with Crippen LogP contribution in [0.5, 0.6) is 0 Å². The van der Waals surface area contributed by atoms with E-state index in [2.05, 4.69) is 21.2 Å². The van der Waals surface area contributed by atoms with Crippen LogP contribution in [-0.4, -0.2) is 22.9 Å². The topological polar surface area (TPSA) is 72.2 Å². The molecule has 1 aromatic carbocycles. The summed E-state index contributed by atoms with van der Waals surface area (Å²) in [4.78, 5) is 11.5. The third kappa shape index (κ3) is 3.32. The van der Waals surface area contributed by atoms with Gasteiger partial charge in [-0.1, -0.05) is 15.9 Å². The Morgan fingerprint density at radius 3 is 2.80 bits per heavy atom. The van der Waals surface area contributed by atoms with Gasteiger partial charge in [-0.2, -0.15) is 0 Å². The van der Waals surface area contributed by atoms with Crippen molar-refractivity contribution in [2.75, 3.05) is 18.5 Å². The second-order valence-electron chi connectivity index (χ2n) is 2.85. The Morgan fingerprint density at radius 2 is 2.27 bits per heavy atom. The van der Waals surface area contributed by atoms with Crippen molar-refractivity contribution in [2.24, 2.45) is 0 Å². The van der Waals surface area contributed by atoms with Crippen LogP contribution in [0.4, 0.5) is 5.69 Å². The van der Waals surface area contributed by atoms with Gasteiger partial charge >= 0.3 is 0 Å². The van der Waals surface area contributed by atoms with Crippen molar-refractivity contribution < 1.29 is 9.00 Å². The maximum absolute atomic E-state index is 11.7. The minimum absolute atomic E-state index is 0.0671. The molecule has 6 heteroatoms. The normalized spacial score (nSPS) is 12.1. The highest BCUT2D eigenvalue weighted by Crippen LogP contribution is 2.21. The number of hydrogen-bond donors (Lipinski definition) is 2. The lowest BCUT2D eigenvalue weighted by Crippen LogP contribution is -2.24. The SMILES string of the molecule is CNC(=O)CS(=O)c1ccc(Br)cc1N. The monoisotopic (exact) mass is 290 g/mol. The Morgan fingerprint density at radius 1 is 1.60 bits per heavy atom. The molecule has 0 aliphatic heterocycles. The van der Waals surface area contributed by atoms with Crippen molar-refractivity contribution in [1.29, 1.82) is 0 Å². The molecule has 1 unspecified atom stereocenters. The van der Waals surface area contributed by atoms with Gasteiger partial charge < -0.3 is 11.1 Å². The molecule has 0 aromatic heterocycles. The van der Waals surface area contributed by atoms with E-state index in [1.807, 2.05) is 0 Å². The van der Waals surface area contributed by atoms with Gasteiger partial charge in [-0.15, -0.1) is 0 Å². The van der Waals surface area contributed by atoms with Gasteiger partial charge in [0.2, 0.25) is 5.91 Å². The molecule has 1 amide bonds. The highest BCUT2D eigenvalue weighted by Gasteiger charge is 2.11.